The first-order chi connectivity index (χ1) is 8.24. The van der Waals surface area contributed by atoms with Crippen molar-refractivity contribution in [3.63, 3.8) is 0 Å². The third-order valence-corrected chi connectivity index (χ3v) is 2.12. The SMILES string of the molecule is Cc1cccc(OCC(=O)Nc2ncc[nH]2)c1. The van der Waals surface area contributed by atoms with Crippen molar-refractivity contribution >= 4 is 11.9 Å². The van der Waals surface area contributed by atoms with Gasteiger partial charge in [-0.1, -0.05) is 12.1 Å². The second kappa shape index (κ2) is 5.16. The highest BCUT2D eigenvalue weighted by Gasteiger charge is 2.04. The molecule has 2 N–H and O–H groups in total. The molecule has 0 unspecified atom stereocenters. The standard InChI is InChI=1S/C12H13N3O2/c1-9-3-2-4-10(7-9)17-8-11(16)15-12-13-5-6-14-12/h2-7H,8H2,1H3,(H2,13,14,15,16). The summed E-state index contributed by atoms with van der Waals surface area (Å²) in [6.45, 7) is 1.93. The van der Waals surface area contributed by atoms with E-state index in [1.54, 1.807) is 12.4 Å². The number of amides is 1. The first kappa shape index (κ1) is 11.2. The largest absolute Gasteiger partial charge is 0.484 e. The summed E-state index contributed by atoms with van der Waals surface area (Å²) in [5, 5.41) is 2.58. The molecule has 5 heteroatoms. The predicted molar refractivity (Wildman–Crippen MR) is 63.9 cm³/mol. The Morgan fingerprint density at radius 2 is 2.41 bits per heavy atom. The maximum Gasteiger partial charge on any atom is 0.264 e. The monoisotopic (exact) mass is 231 g/mol. The van der Waals surface area contributed by atoms with Gasteiger partial charge in [-0.2, -0.15) is 0 Å². The number of aromatic amines is 1. The Labute approximate surface area is 98.8 Å². The molecule has 2 rings (SSSR count). The van der Waals surface area contributed by atoms with Crippen molar-refractivity contribution in [2.75, 3.05) is 11.9 Å². The van der Waals surface area contributed by atoms with Crippen LogP contribution in [0.4, 0.5) is 5.95 Å². The van der Waals surface area contributed by atoms with Gasteiger partial charge in [0.25, 0.3) is 5.91 Å². The highest BCUT2D eigenvalue weighted by molar-refractivity contribution is 5.90. The number of nitrogens with one attached hydrogen (secondary N) is 2. The number of carbonyl (C=O) groups is 1. The number of hydrogen-bond acceptors (Lipinski definition) is 3. The maximum atomic E-state index is 11.5. The fourth-order valence-electron chi connectivity index (χ4n) is 1.36. The highest BCUT2D eigenvalue weighted by Crippen LogP contribution is 2.12. The Morgan fingerprint density at radius 1 is 1.53 bits per heavy atom. The van der Waals surface area contributed by atoms with Gasteiger partial charge >= 0.3 is 0 Å². The number of nitrogens with zero attached hydrogens (tertiary/aromatic N) is 1. The minimum Gasteiger partial charge on any atom is -0.484 e. The van der Waals surface area contributed by atoms with Gasteiger partial charge < -0.3 is 9.72 Å². The maximum absolute atomic E-state index is 11.5. The van der Waals surface area contributed by atoms with Crippen molar-refractivity contribution in [2.45, 2.75) is 6.92 Å². The number of rotatable bonds is 4. The summed E-state index contributed by atoms with van der Waals surface area (Å²) < 4.78 is 5.34. The molecule has 0 atom stereocenters. The smallest absolute Gasteiger partial charge is 0.264 e. The summed E-state index contributed by atoms with van der Waals surface area (Å²) in [4.78, 5) is 18.1. The van der Waals surface area contributed by atoms with Crippen LogP contribution in [0.1, 0.15) is 5.56 Å². The van der Waals surface area contributed by atoms with Gasteiger partial charge in [-0.05, 0) is 24.6 Å². The van der Waals surface area contributed by atoms with Crippen molar-refractivity contribution in [1.82, 2.24) is 9.97 Å². The van der Waals surface area contributed by atoms with E-state index in [9.17, 15) is 4.79 Å². The molecule has 0 saturated heterocycles. The zero-order chi connectivity index (χ0) is 12.1. The zero-order valence-corrected chi connectivity index (χ0v) is 9.43. The number of imidazole rings is 1. The minimum absolute atomic E-state index is 0.0375. The molecule has 0 radical (unpaired) electrons. The lowest BCUT2D eigenvalue weighted by Gasteiger charge is -2.06. The van der Waals surface area contributed by atoms with Crippen molar-refractivity contribution in [3.8, 4) is 5.75 Å². The van der Waals surface area contributed by atoms with Gasteiger partial charge in [0.05, 0.1) is 0 Å². The number of aromatic nitrogens is 2. The molecule has 0 saturated carbocycles. The van der Waals surface area contributed by atoms with Crippen LogP contribution in [-0.4, -0.2) is 22.5 Å². The molecule has 17 heavy (non-hydrogen) atoms. The van der Waals surface area contributed by atoms with Crippen LogP contribution in [0.2, 0.25) is 0 Å². The van der Waals surface area contributed by atoms with Crippen LogP contribution < -0.4 is 10.1 Å². The molecule has 5 nitrogen and oxygen atoms in total. The molecule has 1 aromatic heterocycles. The Hall–Kier alpha value is -2.30. The van der Waals surface area contributed by atoms with E-state index in [1.165, 1.54) is 0 Å². The number of H-pyrrole nitrogens is 1. The van der Waals surface area contributed by atoms with E-state index < -0.39 is 0 Å². The van der Waals surface area contributed by atoms with Crippen LogP contribution in [0.3, 0.4) is 0 Å². The summed E-state index contributed by atoms with van der Waals surface area (Å²) >= 11 is 0. The van der Waals surface area contributed by atoms with Crippen LogP contribution >= 0.6 is 0 Å². The lowest BCUT2D eigenvalue weighted by Crippen LogP contribution is -2.20. The third kappa shape index (κ3) is 3.34. The minimum atomic E-state index is -0.249. The van der Waals surface area contributed by atoms with Crippen molar-refractivity contribution in [2.24, 2.45) is 0 Å². The molecule has 1 aromatic carbocycles. The number of ether oxygens (including phenoxy) is 1. The molecule has 0 aliphatic heterocycles. The molecule has 0 aliphatic carbocycles. The van der Waals surface area contributed by atoms with E-state index in [4.69, 9.17) is 4.74 Å². The van der Waals surface area contributed by atoms with Crippen LogP contribution in [0.25, 0.3) is 0 Å². The third-order valence-electron chi connectivity index (χ3n) is 2.12. The molecule has 2 aromatic rings. The summed E-state index contributed by atoms with van der Waals surface area (Å²) in [5.74, 6) is 0.851. The van der Waals surface area contributed by atoms with Gasteiger partial charge in [-0.15, -0.1) is 0 Å². The van der Waals surface area contributed by atoms with Crippen molar-refractivity contribution < 1.29 is 9.53 Å². The number of benzene rings is 1. The van der Waals surface area contributed by atoms with Gasteiger partial charge in [0.15, 0.2) is 6.61 Å². The molecule has 88 valence electrons. The van der Waals surface area contributed by atoms with Gasteiger partial charge in [0, 0.05) is 12.4 Å². The number of carbonyl (C=O) groups excluding carboxylic acids is 1. The summed E-state index contributed by atoms with van der Waals surface area (Å²) in [7, 11) is 0. The van der Waals surface area contributed by atoms with E-state index in [0.29, 0.717) is 11.7 Å². The fraction of sp³-hybridized carbons (Fsp3) is 0.167. The predicted octanol–water partition coefficient (Wildman–Crippen LogP) is 1.74. The van der Waals surface area contributed by atoms with Gasteiger partial charge in [0.1, 0.15) is 5.75 Å². The number of aryl methyl sites for hydroxylation is 1. The number of hydrogen-bond donors (Lipinski definition) is 2. The topological polar surface area (TPSA) is 67.0 Å². The molecule has 0 bridgehead atoms. The van der Waals surface area contributed by atoms with Crippen LogP contribution in [0.5, 0.6) is 5.75 Å². The molecule has 1 heterocycles. The van der Waals surface area contributed by atoms with Gasteiger partial charge in [-0.25, -0.2) is 4.98 Å². The number of anilines is 1. The average Bonchev–Trinajstić information content (AvgIpc) is 2.79. The molecule has 0 fully saturated rings. The summed E-state index contributed by atoms with van der Waals surface area (Å²) in [5.41, 5.74) is 1.09. The van der Waals surface area contributed by atoms with E-state index in [0.717, 1.165) is 5.56 Å². The lowest BCUT2D eigenvalue weighted by atomic mass is 10.2. The Bertz CT molecular complexity index is 494. The van der Waals surface area contributed by atoms with Gasteiger partial charge in [-0.3, -0.25) is 10.1 Å². The first-order valence-corrected chi connectivity index (χ1v) is 5.23. The first-order valence-electron chi connectivity index (χ1n) is 5.23. The Morgan fingerprint density at radius 3 is 3.12 bits per heavy atom. The van der Waals surface area contributed by atoms with Crippen molar-refractivity contribution in [1.29, 1.82) is 0 Å². The molecule has 1 amide bonds. The molecule has 0 aliphatic rings. The zero-order valence-electron chi connectivity index (χ0n) is 9.43. The second-order valence-corrected chi connectivity index (χ2v) is 3.59. The van der Waals surface area contributed by atoms with E-state index in [-0.39, 0.29) is 12.5 Å². The second-order valence-electron chi connectivity index (χ2n) is 3.59. The van der Waals surface area contributed by atoms with Crippen LogP contribution in [0.15, 0.2) is 36.7 Å². The van der Waals surface area contributed by atoms with Crippen LogP contribution in [-0.2, 0) is 4.79 Å². The Balaban J connectivity index is 1.84. The van der Waals surface area contributed by atoms with Crippen LogP contribution in [0, 0.1) is 6.92 Å². The fourth-order valence-corrected chi connectivity index (χ4v) is 1.36. The summed E-state index contributed by atoms with van der Waals surface area (Å²) in [6.07, 6.45) is 3.20. The highest BCUT2D eigenvalue weighted by atomic mass is 16.5. The lowest BCUT2D eigenvalue weighted by molar-refractivity contribution is -0.118. The Kier molecular flexibility index (Phi) is 3.40. The molecule has 0 spiro atoms. The van der Waals surface area contributed by atoms with E-state index in [2.05, 4.69) is 15.3 Å². The molecular formula is C12H13N3O2. The molecular weight excluding hydrogens is 218 g/mol. The van der Waals surface area contributed by atoms with E-state index in [1.807, 2.05) is 31.2 Å². The van der Waals surface area contributed by atoms with Crippen molar-refractivity contribution in [3.05, 3.63) is 42.2 Å². The van der Waals surface area contributed by atoms with E-state index >= 15 is 0 Å². The van der Waals surface area contributed by atoms with Gasteiger partial charge in [0.2, 0.25) is 5.95 Å². The average molecular weight is 231 g/mol. The quantitative estimate of drug-likeness (QED) is 0.842. The normalized spacial score (nSPS) is 9.94. The summed E-state index contributed by atoms with van der Waals surface area (Å²) in [6, 6.07) is 7.54.